The zero-order chi connectivity index (χ0) is 14.0. The van der Waals surface area contributed by atoms with Gasteiger partial charge >= 0.3 is 0 Å². The molecule has 0 spiro atoms. The Morgan fingerprint density at radius 2 is 2.05 bits per heavy atom. The van der Waals surface area contributed by atoms with E-state index >= 15 is 0 Å². The first-order chi connectivity index (χ1) is 9.08. The van der Waals surface area contributed by atoms with Crippen LogP contribution in [-0.2, 0) is 6.54 Å². The summed E-state index contributed by atoms with van der Waals surface area (Å²) in [6.07, 6.45) is 0. The summed E-state index contributed by atoms with van der Waals surface area (Å²) in [5, 5.41) is 3.50. The van der Waals surface area contributed by atoms with Gasteiger partial charge in [-0.2, -0.15) is 0 Å². The summed E-state index contributed by atoms with van der Waals surface area (Å²) < 4.78 is 14.6. The standard InChI is InChI=1S/C14H15FN2O2/c1-3-16-13(18)12-8-9-7-10(15)5-6-11(9)14(19)17(12)4-2/h5-8H,3-4H2,1-2H3,(H,16,18). The first-order valence-electron chi connectivity index (χ1n) is 6.19. The van der Waals surface area contributed by atoms with Crippen LogP contribution in [0.15, 0.2) is 29.1 Å². The molecule has 1 aromatic carbocycles. The molecule has 0 unspecified atom stereocenters. The molecule has 0 saturated heterocycles. The summed E-state index contributed by atoms with van der Waals surface area (Å²) in [4.78, 5) is 24.2. The molecule has 4 nitrogen and oxygen atoms in total. The van der Waals surface area contributed by atoms with E-state index in [-0.39, 0.29) is 17.2 Å². The number of nitrogens with one attached hydrogen (secondary N) is 1. The molecule has 0 aliphatic carbocycles. The Kier molecular flexibility index (Phi) is 3.64. The average molecular weight is 262 g/mol. The quantitative estimate of drug-likeness (QED) is 0.918. The van der Waals surface area contributed by atoms with Crippen LogP contribution >= 0.6 is 0 Å². The first kappa shape index (κ1) is 13.3. The maximum Gasteiger partial charge on any atom is 0.268 e. The summed E-state index contributed by atoms with van der Waals surface area (Å²) in [5.74, 6) is -0.754. The van der Waals surface area contributed by atoms with Crippen molar-refractivity contribution in [2.75, 3.05) is 6.54 Å². The number of hydrogen-bond donors (Lipinski definition) is 1. The van der Waals surface area contributed by atoms with Crippen molar-refractivity contribution in [3.8, 4) is 0 Å². The topological polar surface area (TPSA) is 51.1 Å². The van der Waals surface area contributed by atoms with Crippen molar-refractivity contribution in [1.82, 2.24) is 9.88 Å². The maximum atomic E-state index is 13.2. The molecule has 2 rings (SSSR count). The summed E-state index contributed by atoms with van der Waals surface area (Å²) in [6.45, 7) is 4.45. The van der Waals surface area contributed by atoms with Crippen LogP contribution in [0, 0.1) is 5.82 Å². The van der Waals surface area contributed by atoms with E-state index in [1.807, 2.05) is 0 Å². The van der Waals surface area contributed by atoms with Crippen molar-refractivity contribution in [3.05, 3.63) is 46.1 Å². The molecule has 1 heterocycles. The highest BCUT2D eigenvalue weighted by molar-refractivity contribution is 5.96. The number of nitrogens with zero attached hydrogens (tertiary/aromatic N) is 1. The summed E-state index contributed by atoms with van der Waals surface area (Å²) in [7, 11) is 0. The van der Waals surface area contributed by atoms with Gasteiger partial charge in [-0.05, 0) is 43.5 Å². The Balaban J connectivity index is 2.76. The number of amides is 1. The third-order valence-corrected chi connectivity index (χ3v) is 2.96. The van der Waals surface area contributed by atoms with Gasteiger partial charge < -0.3 is 9.88 Å². The van der Waals surface area contributed by atoms with Gasteiger partial charge in [0.05, 0.1) is 0 Å². The monoisotopic (exact) mass is 262 g/mol. The van der Waals surface area contributed by atoms with Crippen molar-refractivity contribution in [1.29, 1.82) is 0 Å². The van der Waals surface area contributed by atoms with E-state index in [9.17, 15) is 14.0 Å². The maximum absolute atomic E-state index is 13.2. The molecule has 100 valence electrons. The fraction of sp³-hybridized carbons (Fsp3) is 0.286. The molecular formula is C14H15FN2O2. The molecule has 0 aliphatic rings. The van der Waals surface area contributed by atoms with Crippen molar-refractivity contribution < 1.29 is 9.18 Å². The third kappa shape index (κ3) is 2.36. The second kappa shape index (κ2) is 5.22. The zero-order valence-electron chi connectivity index (χ0n) is 10.9. The minimum absolute atomic E-state index is 0.257. The summed E-state index contributed by atoms with van der Waals surface area (Å²) in [6, 6.07) is 5.50. The number of rotatable bonds is 3. The number of carbonyl (C=O) groups excluding carboxylic acids is 1. The molecule has 0 aliphatic heterocycles. The van der Waals surface area contributed by atoms with E-state index in [2.05, 4.69) is 5.32 Å². The van der Waals surface area contributed by atoms with Crippen LogP contribution in [0.3, 0.4) is 0 Å². The lowest BCUT2D eigenvalue weighted by atomic mass is 10.1. The van der Waals surface area contributed by atoms with Gasteiger partial charge in [0.2, 0.25) is 0 Å². The fourth-order valence-corrected chi connectivity index (χ4v) is 2.08. The van der Waals surface area contributed by atoms with Crippen molar-refractivity contribution >= 4 is 16.7 Å². The fourth-order valence-electron chi connectivity index (χ4n) is 2.08. The lowest BCUT2D eigenvalue weighted by molar-refractivity contribution is 0.0945. The second-order valence-electron chi connectivity index (χ2n) is 4.17. The number of pyridine rings is 1. The lowest BCUT2D eigenvalue weighted by Gasteiger charge is -2.12. The van der Waals surface area contributed by atoms with E-state index < -0.39 is 5.82 Å². The van der Waals surface area contributed by atoms with E-state index in [1.165, 1.54) is 22.8 Å². The van der Waals surface area contributed by atoms with Gasteiger partial charge in [0.15, 0.2) is 0 Å². The van der Waals surface area contributed by atoms with Gasteiger partial charge in [0.1, 0.15) is 11.5 Å². The zero-order valence-corrected chi connectivity index (χ0v) is 10.9. The van der Waals surface area contributed by atoms with Crippen LogP contribution in [0.25, 0.3) is 10.8 Å². The Labute approximate surface area is 109 Å². The van der Waals surface area contributed by atoms with Gasteiger partial charge in [0.25, 0.3) is 11.5 Å². The van der Waals surface area contributed by atoms with Gasteiger partial charge in [-0.3, -0.25) is 9.59 Å². The van der Waals surface area contributed by atoms with E-state index in [0.717, 1.165) is 0 Å². The van der Waals surface area contributed by atoms with Crippen LogP contribution in [-0.4, -0.2) is 17.0 Å². The first-order valence-corrected chi connectivity index (χ1v) is 6.19. The van der Waals surface area contributed by atoms with Gasteiger partial charge in [-0.25, -0.2) is 4.39 Å². The second-order valence-corrected chi connectivity index (χ2v) is 4.17. The molecule has 1 N–H and O–H groups in total. The summed E-state index contributed by atoms with van der Waals surface area (Å²) >= 11 is 0. The molecule has 0 bridgehead atoms. The van der Waals surface area contributed by atoms with Crippen molar-refractivity contribution in [2.45, 2.75) is 20.4 Å². The Morgan fingerprint density at radius 3 is 2.68 bits per heavy atom. The van der Waals surface area contributed by atoms with E-state index in [0.29, 0.717) is 23.9 Å². The number of fused-ring (bicyclic) bond motifs is 1. The van der Waals surface area contributed by atoms with E-state index in [1.54, 1.807) is 19.9 Å². The van der Waals surface area contributed by atoms with Gasteiger partial charge in [-0.15, -0.1) is 0 Å². The SMILES string of the molecule is CCNC(=O)c1cc2cc(F)ccc2c(=O)n1CC. The molecule has 0 fully saturated rings. The Bertz CT molecular complexity index is 692. The van der Waals surface area contributed by atoms with Crippen molar-refractivity contribution in [3.63, 3.8) is 0 Å². The predicted octanol–water partition coefficient (Wildman–Crippen LogP) is 1.91. The van der Waals surface area contributed by atoms with Crippen LogP contribution in [0.2, 0.25) is 0 Å². The molecule has 5 heteroatoms. The molecule has 0 atom stereocenters. The largest absolute Gasteiger partial charge is 0.351 e. The molecular weight excluding hydrogens is 247 g/mol. The normalized spacial score (nSPS) is 10.7. The van der Waals surface area contributed by atoms with E-state index in [4.69, 9.17) is 0 Å². The molecule has 2 aromatic rings. The Morgan fingerprint density at radius 1 is 1.32 bits per heavy atom. The highest BCUT2D eigenvalue weighted by atomic mass is 19.1. The molecule has 0 saturated carbocycles. The minimum Gasteiger partial charge on any atom is -0.351 e. The lowest BCUT2D eigenvalue weighted by Crippen LogP contribution is -2.32. The summed E-state index contributed by atoms with van der Waals surface area (Å²) in [5.41, 5.74) is -0.0197. The molecule has 1 aromatic heterocycles. The third-order valence-electron chi connectivity index (χ3n) is 2.96. The Hall–Kier alpha value is -2.17. The number of benzene rings is 1. The highest BCUT2D eigenvalue weighted by Crippen LogP contribution is 2.14. The molecule has 1 amide bonds. The molecule has 19 heavy (non-hydrogen) atoms. The van der Waals surface area contributed by atoms with Gasteiger partial charge in [-0.1, -0.05) is 0 Å². The van der Waals surface area contributed by atoms with Crippen molar-refractivity contribution in [2.24, 2.45) is 0 Å². The number of halogens is 1. The van der Waals surface area contributed by atoms with Crippen LogP contribution < -0.4 is 10.9 Å². The van der Waals surface area contributed by atoms with Crippen LogP contribution in [0.1, 0.15) is 24.3 Å². The minimum atomic E-state index is -0.428. The highest BCUT2D eigenvalue weighted by Gasteiger charge is 2.14. The van der Waals surface area contributed by atoms with Gasteiger partial charge in [0, 0.05) is 18.5 Å². The average Bonchev–Trinajstić information content (AvgIpc) is 2.38. The smallest absolute Gasteiger partial charge is 0.268 e. The number of aromatic nitrogens is 1. The molecule has 0 radical (unpaired) electrons. The number of hydrogen-bond acceptors (Lipinski definition) is 2. The predicted molar refractivity (Wildman–Crippen MR) is 71.8 cm³/mol. The number of carbonyl (C=O) groups is 1. The van der Waals surface area contributed by atoms with Crippen LogP contribution in [0.5, 0.6) is 0 Å². The van der Waals surface area contributed by atoms with Crippen LogP contribution in [0.4, 0.5) is 4.39 Å².